The molecule has 2 aliphatic heterocycles. The minimum Gasteiger partial charge on any atom is -0.481 e. The fraction of sp³-hybridized carbons (Fsp3) is 0.833. The molecule has 0 radical (unpaired) electrons. The number of hydrogen-bond donors (Lipinski definition) is 1. The highest BCUT2D eigenvalue weighted by atomic mass is 19.4. The average Bonchev–Trinajstić information content (AvgIpc) is 2.86. The van der Waals surface area contributed by atoms with E-state index in [1.165, 1.54) is 9.80 Å². The lowest BCUT2D eigenvalue weighted by atomic mass is 9.96. The largest absolute Gasteiger partial charge is 0.481 e. The van der Waals surface area contributed by atoms with Crippen LogP contribution in [0.3, 0.4) is 0 Å². The van der Waals surface area contributed by atoms with E-state index in [4.69, 9.17) is 5.11 Å². The van der Waals surface area contributed by atoms with E-state index in [2.05, 4.69) is 0 Å². The number of piperidine rings is 1. The van der Waals surface area contributed by atoms with E-state index >= 15 is 0 Å². The van der Waals surface area contributed by atoms with Crippen molar-refractivity contribution in [3.63, 3.8) is 0 Å². The summed E-state index contributed by atoms with van der Waals surface area (Å²) in [5, 5.41) is 8.87. The third kappa shape index (κ3) is 3.16. The van der Waals surface area contributed by atoms with Crippen molar-refractivity contribution in [1.29, 1.82) is 0 Å². The Kier molecular flexibility index (Phi) is 4.10. The van der Waals surface area contributed by atoms with Crippen LogP contribution in [0.25, 0.3) is 0 Å². The van der Waals surface area contributed by atoms with Crippen molar-refractivity contribution in [2.45, 2.75) is 25.4 Å². The molecular formula is C12H17F3N2O3. The molecule has 0 spiro atoms. The van der Waals surface area contributed by atoms with Gasteiger partial charge in [0.05, 0.1) is 11.8 Å². The van der Waals surface area contributed by atoms with Gasteiger partial charge in [0, 0.05) is 26.2 Å². The smallest absolute Gasteiger partial charge is 0.391 e. The maximum Gasteiger partial charge on any atom is 0.391 e. The first-order valence-corrected chi connectivity index (χ1v) is 6.62. The van der Waals surface area contributed by atoms with Crippen LogP contribution in [-0.4, -0.2) is 59.3 Å². The molecule has 2 fully saturated rings. The molecule has 2 saturated heterocycles. The van der Waals surface area contributed by atoms with Gasteiger partial charge in [-0.1, -0.05) is 0 Å². The number of carboxylic acid groups (broad SMARTS) is 1. The van der Waals surface area contributed by atoms with Gasteiger partial charge in [-0.15, -0.1) is 0 Å². The number of carbonyl (C=O) groups excluding carboxylic acids is 1. The van der Waals surface area contributed by atoms with Crippen LogP contribution in [0.2, 0.25) is 0 Å². The number of aliphatic carboxylic acids is 1. The van der Waals surface area contributed by atoms with Crippen LogP contribution in [-0.2, 0) is 4.79 Å². The van der Waals surface area contributed by atoms with Gasteiger partial charge in [0.25, 0.3) is 0 Å². The van der Waals surface area contributed by atoms with Crippen LogP contribution in [0.15, 0.2) is 0 Å². The molecule has 0 saturated carbocycles. The molecular weight excluding hydrogens is 277 g/mol. The Hall–Kier alpha value is -1.47. The topological polar surface area (TPSA) is 60.9 Å². The van der Waals surface area contributed by atoms with Gasteiger partial charge in [-0.3, -0.25) is 4.79 Å². The van der Waals surface area contributed by atoms with Crippen LogP contribution >= 0.6 is 0 Å². The number of nitrogens with zero attached hydrogens (tertiary/aromatic N) is 2. The maximum atomic E-state index is 12.5. The second-order valence-corrected chi connectivity index (χ2v) is 5.36. The van der Waals surface area contributed by atoms with E-state index < -0.39 is 24.0 Å². The molecule has 20 heavy (non-hydrogen) atoms. The van der Waals surface area contributed by atoms with Gasteiger partial charge in [0.15, 0.2) is 0 Å². The molecule has 0 bridgehead atoms. The second-order valence-electron chi connectivity index (χ2n) is 5.36. The van der Waals surface area contributed by atoms with Gasteiger partial charge in [-0.2, -0.15) is 13.2 Å². The molecule has 8 heteroatoms. The Morgan fingerprint density at radius 3 is 2.00 bits per heavy atom. The molecule has 114 valence electrons. The summed E-state index contributed by atoms with van der Waals surface area (Å²) in [6.07, 6.45) is -3.95. The molecule has 5 nitrogen and oxygen atoms in total. The van der Waals surface area contributed by atoms with E-state index in [1.54, 1.807) is 0 Å². The normalized spacial score (nSPS) is 25.1. The number of amides is 2. The zero-order valence-electron chi connectivity index (χ0n) is 10.9. The van der Waals surface area contributed by atoms with Crippen molar-refractivity contribution in [1.82, 2.24) is 9.80 Å². The Morgan fingerprint density at radius 1 is 1.00 bits per heavy atom. The standard InChI is InChI=1S/C12H17F3N2O3/c13-12(14,15)9-2-5-16(6-3-9)11(20)17-4-1-8(7-17)10(18)19/h8-9H,1-7H2,(H,18,19). The van der Waals surface area contributed by atoms with Crippen molar-refractivity contribution >= 4 is 12.0 Å². The molecule has 0 aromatic heterocycles. The lowest BCUT2D eigenvalue weighted by molar-refractivity contribution is -0.183. The summed E-state index contributed by atoms with van der Waals surface area (Å²) in [6.45, 7) is 0.664. The van der Waals surface area contributed by atoms with Gasteiger partial charge in [-0.05, 0) is 19.3 Å². The maximum absolute atomic E-state index is 12.5. The molecule has 2 aliphatic rings. The summed E-state index contributed by atoms with van der Waals surface area (Å²) < 4.78 is 37.6. The Morgan fingerprint density at radius 2 is 1.55 bits per heavy atom. The highest BCUT2D eigenvalue weighted by Gasteiger charge is 2.42. The minimum atomic E-state index is -4.20. The quantitative estimate of drug-likeness (QED) is 0.802. The minimum absolute atomic E-state index is 0.0779. The Balaban J connectivity index is 1.85. The summed E-state index contributed by atoms with van der Waals surface area (Å²) in [7, 11) is 0. The highest BCUT2D eigenvalue weighted by Crippen LogP contribution is 2.34. The fourth-order valence-corrected chi connectivity index (χ4v) is 2.73. The monoisotopic (exact) mass is 294 g/mol. The van der Waals surface area contributed by atoms with Crippen LogP contribution in [0.5, 0.6) is 0 Å². The number of halogens is 3. The van der Waals surface area contributed by atoms with Gasteiger partial charge in [0.1, 0.15) is 0 Å². The van der Waals surface area contributed by atoms with Crippen molar-refractivity contribution in [3.8, 4) is 0 Å². The summed E-state index contributed by atoms with van der Waals surface area (Å²) in [5.74, 6) is -2.83. The number of carboxylic acids is 1. The Labute approximate surface area is 114 Å². The van der Waals surface area contributed by atoms with E-state index in [1.807, 2.05) is 0 Å². The number of rotatable bonds is 1. The molecule has 1 N–H and O–H groups in total. The number of alkyl halides is 3. The van der Waals surface area contributed by atoms with Gasteiger partial charge < -0.3 is 14.9 Å². The molecule has 1 atom stereocenters. The SMILES string of the molecule is O=C(O)C1CCN(C(=O)N2CCC(C(F)(F)F)CC2)C1. The third-order valence-corrected chi connectivity index (χ3v) is 4.04. The number of urea groups is 1. The Bertz CT molecular complexity index is 392. The van der Waals surface area contributed by atoms with Gasteiger partial charge >= 0.3 is 18.2 Å². The molecule has 2 rings (SSSR count). The molecule has 0 aromatic carbocycles. The van der Waals surface area contributed by atoms with Crippen molar-refractivity contribution < 1.29 is 27.9 Å². The fourth-order valence-electron chi connectivity index (χ4n) is 2.73. The molecule has 0 aliphatic carbocycles. The average molecular weight is 294 g/mol. The zero-order chi connectivity index (χ0) is 14.9. The van der Waals surface area contributed by atoms with E-state index in [-0.39, 0.29) is 38.5 Å². The summed E-state index contributed by atoms with van der Waals surface area (Å²) >= 11 is 0. The van der Waals surface area contributed by atoms with Crippen molar-refractivity contribution in [2.75, 3.05) is 26.2 Å². The highest BCUT2D eigenvalue weighted by molar-refractivity contribution is 5.77. The van der Waals surface area contributed by atoms with Gasteiger partial charge in [0.2, 0.25) is 0 Å². The first-order chi connectivity index (χ1) is 9.29. The molecule has 2 amide bonds. The lowest BCUT2D eigenvalue weighted by Crippen LogP contribution is -2.47. The van der Waals surface area contributed by atoms with Crippen LogP contribution < -0.4 is 0 Å². The van der Waals surface area contributed by atoms with Crippen LogP contribution in [0.4, 0.5) is 18.0 Å². The number of likely N-dealkylation sites (tertiary alicyclic amines) is 2. The lowest BCUT2D eigenvalue weighted by Gasteiger charge is -2.35. The number of carbonyl (C=O) groups is 2. The predicted molar refractivity (Wildman–Crippen MR) is 63.1 cm³/mol. The summed E-state index contributed by atoms with van der Waals surface area (Å²) in [4.78, 5) is 25.7. The summed E-state index contributed by atoms with van der Waals surface area (Å²) in [5.41, 5.74) is 0. The third-order valence-electron chi connectivity index (χ3n) is 4.04. The van der Waals surface area contributed by atoms with Crippen molar-refractivity contribution in [3.05, 3.63) is 0 Å². The predicted octanol–water partition coefficient (Wildman–Crippen LogP) is 1.79. The zero-order valence-corrected chi connectivity index (χ0v) is 10.9. The molecule has 2 heterocycles. The number of hydrogen-bond acceptors (Lipinski definition) is 2. The van der Waals surface area contributed by atoms with Gasteiger partial charge in [-0.25, -0.2) is 4.79 Å². The first kappa shape index (κ1) is 14.9. The van der Waals surface area contributed by atoms with E-state index in [0.717, 1.165) is 0 Å². The van der Waals surface area contributed by atoms with Crippen molar-refractivity contribution in [2.24, 2.45) is 11.8 Å². The first-order valence-electron chi connectivity index (χ1n) is 6.62. The molecule has 1 unspecified atom stereocenters. The van der Waals surface area contributed by atoms with Crippen LogP contribution in [0, 0.1) is 11.8 Å². The molecule has 0 aromatic rings. The van der Waals surface area contributed by atoms with E-state index in [0.29, 0.717) is 13.0 Å². The second kappa shape index (κ2) is 5.49. The summed E-state index contributed by atoms with van der Waals surface area (Å²) in [6, 6.07) is -0.339. The van der Waals surface area contributed by atoms with Crippen LogP contribution in [0.1, 0.15) is 19.3 Å². The van der Waals surface area contributed by atoms with E-state index in [9.17, 15) is 22.8 Å².